The molecule has 15 heavy (non-hydrogen) atoms. The topological polar surface area (TPSA) is 113 Å². The van der Waals surface area contributed by atoms with Crippen molar-refractivity contribution in [2.24, 2.45) is 5.73 Å². The number of amidine groups is 1. The minimum Gasteiger partial charge on any atom is -0.481 e. The Morgan fingerprint density at radius 1 is 1.47 bits per heavy atom. The van der Waals surface area contributed by atoms with E-state index in [4.69, 9.17) is 22.0 Å². The first-order chi connectivity index (χ1) is 7.00. The van der Waals surface area contributed by atoms with Gasteiger partial charge < -0.3 is 16.6 Å². The van der Waals surface area contributed by atoms with Crippen LogP contribution in [-0.2, 0) is 11.2 Å². The summed E-state index contributed by atoms with van der Waals surface area (Å²) in [7, 11) is 0. The summed E-state index contributed by atoms with van der Waals surface area (Å²) in [5.74, 6) is -0.958. The van der Waals surface area contributed by atoms with Crippen LogP contribution < -0.4 is 11.5 Å². The number of carbonyl (C=O) groups is 1. The summed E-state index contributed by atoms with van der Waals surface area (Å²) < 4.78 is 0. The molecule has 0 spiro atoms. The van der Waals surface area contributed by atoms with E-state index in [-0.39, 0.29) is 12.3 Å². The van der Waals surface area contributed by atoms with E-state index >= 15 is 0 Å². The minimum absolute atomic E-state index is 0.0568. The highest BCUT2D eigenvalue weighted by Gasteiger charge is 2.05. The molecule has 0 heterocycles. The van der Waals surface area contributed by atoms with Crippen LogP contribution in [0.15, 0.2) is 18.2 Å². The van der Waals surface area contributed by atoms with Crippen LogP contribution in [0.4, 0.5) is 5.69 Å². The molecular formula is C10H13N3O2. The number of hydrogen-bond donors (Lipinski definition) is 4. The summed E-state index contributed by atoms with van der Waals surface area (Å²) in [6.45, 7) is 0. The number of benzene rings is 1. The molecular weight excluding hydrogens is 194 g/mol. The largest absolute Gasteiger partial charge is 0.481 e. The van der Waals surface area contributed by atoms with Crippen LogP contribution >= 0.6 is 0 Å². The van der Waals surface area contributed by atoms with Gasteiger partial charge in [0, 0.05) is 17.7 Å². The first-order valence-corrected chi connectivity index (χ1v) is 4.45. The molecule has 0 fully saturated rings. The first kappa shape index (κ1) is 11.0. The summed E-state index contributed by atoms with van der Waals surface area (Å²) in [6.07, 6.45) is 0.469. The Morgan fingerprint density at radius 3 is 2.67 bits per heavy atom. The van der Waals surface area contributed by atoms with Gasteiger partial charge in [-0.15, -0.1) is 0 Å². The normalized spacial score (nSPS) is 9.87. The van der Waals surface area contributed by atoms with E-state index in [2.05, 4.69) is 0 Å². The van der Waals surface area contributed by atoms with Gasteiger partial charge in [-0.25, -0.2) is 0 Å². The van der Waals surface area contributed by atoms with Crippen LogP contribution in [0.1, 0.15) is 17.5 Å². The Hall–Kier alpha value is -2.04. The lowest BCUT2D eigenvalue weighted by molar-refractivity contribution is -0.136. The quantitative estimate of drug-likeness (QED) is 0.328. The second kappa shape index (κ2) is 4.45. The number of aryl methyl sites for hydroxylation is 1. The zero-order valence-electron chi connectivity index (χ0n) is 8.16. The van der Waals surface area contributed by atoms with Crippen molar-refractivity contribution in [2.45, 2.75) is 12.8 Å². The van der Waals surface area contributed by atoms with Gasteiger partial charge in [0.05, 0.1) is 0 Å². The molecule has 0 bridgehead atoms. The maximum Gasteiger partial charge on any atom is 0.303 e. The molecule has 0 saturated carbocycles. The SMILES string of the molecule is N=C(N)c1cc(CCC(=O)O)ccc1N. The maximum atomic E-state index is 10.4. The van der Waals surface area contributed by atoms with Gasteiger partial charge in [0.25, 0.3) is 0 Å². The fourth-order valence-electron chi connectivity index (χ4n) is 1.24. The van der Waals surface area contributed by atoms with E-state index in [1.165, 1.54) is 0 Å². The van der Waals surface area contributed by atoms with E-state index < -0.39 is 5.97 Å². The second-order valence-electron chi connectivity index (χ2n) is 3.23. The summed E-state index contributed by atoms with van der Waals surface area (Å²) in [6, 6.07) is 5.03. The standard InChI is InChI=1S/C10H13N3O2/c11-8-3-1-6(2-4-9(14)15)5-7(8)10(12)13/h1,3,5H,2,4,11H2,(H3,12,13)(H,14,15). The molecule has 80 valence electrons. The highest BCUT2D eigenvalue weighted by atomic mass is 16.4. The Bertz CT molecular complexity index is 402. The number of anilines is 1. The van der Waals surface area contributed by atoms with Crippen molar-refractivity contribution in [1.82, 2.24) is 0 Å². The van der Waals surface area contributed by atoms with Gasteiger partial charge >= 0.3 is 5.97 Å². The molecule has 0 amide bonds. The highest BCUT2D eigenvalue weighted by molar-refractivity contribution is 5.99. The minimum atomic E-state index is -0.851. The molecule has 1 aromatic carbocycles. The second-order valence-corrected chi connectivity index (χ2v) is 3.23. The van der Waals surface area contributed by atoms with Crippen LogP contribution in [0.5, 0.6) is 0 Å². The number of nitrogens with two attached hydrogens (primary N) is 2. The Labute approximate surface area is 87.2 Å². The van der Waals surface area contributed by atoms with Gasteiger partial charge in [-0.3, -0.25) is 10.2 Å². The lowest BCUT2D eigenvalue weighted by Crippen LogP contribution is -2.14. The molecule has 0 saturated heterocycles. The number of nitrogens with one attached hydrogen (secondary N) is 1. The molecule has 0 unspecified atom stereocenters. The van der Waals surface area contributed by atoms with Crippen LogP contribution in [0.3, 0.4) is 0 Å². The van der Waals surface area contributed by atoms with E-state index in [0.29, 0.717) is 17.7 Å². The van der Waals surface area contributed by atoms with Gasteiger partial charge in [-0.2, -0.15) is 0 Å². The van der Waals surface area contributed by atoms with E-state index in [1.54, 1.807) is 18.2 Å². The number of nitrogen functional groups attached to an aromatic ring is 2. The van der Waals surface area contributed by atoms with Crippen molar-refractivity contribution in [1.29, 1.82) is 5.41 Å². The third-order valence-corrected chi connectivity index (χ3v) is 2.04. The molecule has 0 aliphatic carbocycles. The summed E-state index contributed by atoms with van der Waals surface area (Å²) in [5, 5.41) is 15.8. The molecule has 1 aromatic rings. The zero-order valence-corrected chi connectivity index (χ0v) is 8.16. The predicted octanol–water partition coefficient (Wildman–Crippen LogP) is 0.570. The maximum absolute atomic E-state index is 10.4. The lowest BCUT2D eigenvalue weighted by Gasteiger charge is -2.06. The van der Waals surface area contributed by atoms with Crippen molar-refractivity contribution in [2.75, 3.05) is 5.73 Å². The molecule has 0 aromatic heterocycles. The van der Waals surface area contributed by atoms with Crippen molar-refractivity contribution in [3.8, 4) is 0 Å². The molecule has 5 heteroatoms. The van der Waals surface area contributed by atoms with Gasteiger partial charge in [0.15, 0.2) is 0 Å². The fraction of sp³-hybridized carbons (Fsp3) is 0.200. The number of rotatable bonds is 4. The van der Waals surface area contributed by atoms with Crippen LogP contribution in [0.2, 0.25) is 0 Å². The Kier molecular flexibility index (Phi) is 3.28. The van der Waals surface area contributed by atoms with E-state index in [1.807, 2.05) is 0 Å². The van der Waals surface area contributed by atoms with E-state index in [0.717, 1.165) is 5.56 Å². The Balaban J connectivity index is 2.87. The van der Waals surface area contributed by atoms with Crippen LogP contribution in [0.25, 0.3) is 0 Å². The molecule has 1 rings (SSSR count). The molecule has 5 nitrogen and oxygen atoms in total. The predicted molar refractivity (Wildman–Crippen MR) is 57.8 cm³/mol. The summed E-state index contributed by atoms with van der Waals surface area (Å²) >= 11 is 0. The van der Waals surface area contributed by atoms with Crippen molar-refractivity contribution < 1.29 is 9.90 Å². The number of carboxylic acids is 1. The van der Waals surface area contributed by atoms with Crippen molar-refractivity contribution in [3.63, 3.8) is 0 Å². The zero-order chi connectivity index (χ0) is 11.4. The number of aliphatic carboxylic acids is 1. The molecule has 0 radical (unpaired) electrons. The average Bonchev–Trinajstić information content (AvgIpc) is 2.16. The first-order valence-electron chi connectivity index (χ1n) is 4.45. The van der Waals surface area contributed by atoms with Gasteiger partial charge in [-0.05, 0) is 24.1 Å². The van der Waals surface area contributed by atoms with Crippen molar-refractivity contribution >= 4 is 17.5 Å². The third-order valence-electron chi connectivity index (χ3n) is 2.04. The molecule has 0 aliphatic rings. The van der Waals surface area contributed by atoms with Crippen LogP contribution in [0, 0.1) is 5.41 Å². The summed E-state index contributed by atoms with van der Waals surface area (Å²) in [4.78, 5) is 10.4. The van der Waals surface area contributed by atoms with Gasteiger partial charge in [-0.1, -0.05) is 6.07 Å². The fourth-order valence-corrected chi connectivity index (χ4v) is 1.24. The average molecular weight is 207 g/mol. The molecule has 6 N–H and O–H groups in total. The Morgan fingerprint density at radius 2 is 2.13 bits per heavy atom. The molecule has 0 atom stereocenters. The van der Waals surface area contributed by atoms with Crippen LogP contribution in [-0.4, -0.2) is 16.9 Å². The lowest BCUT2D eigenvalue weighted by atomic mass is 10.0. The smallest absolute Gasteiger partial charge is 0.303 e. The molecule has 0 aliphatic heterocycles. The number of hydrogen-bond acceptors (Lipinski definition) is 3. The van der Waals surface area contributed by atoms with Crippen molar-refractivity contribution in [3.05, 3.63) is 29.3 Å². The number of carboxylic acid groups (broad SMARTS) is 1. The summed E-state index contributed by atoms with van der Waals surface area (Å²) in [5.41, 5.74) is 12.6. The monoisotopic (exact) mass is 207 g/mol. The van der Waals surface area contributed by atoms with Gasteiger partial charge in [0.2, 0.25) is 0 Å². The third kappa shape index (κ3) is 2.98. The van der Waals surface area contributed by atoms with Gasteiger partial charge in [0.1, 0.15) is 5.84 Å². The van der Waals surface area contributed by atoms with E-state index in [9.17, 15) is 4.79 Å². The highest BCUT2D eigenvalue weighted by Crippen LogP contribution is 2.14.